The molecule has 1 amide bonds. The molecule has 88 valence electrons. The molecule has 0 spiro atoms. The number of hydrogen-bond donors (Lipinski definition) is 2. The van der Waals surface area contributed by atoms with Crippen molar-refractivity contribution in [3.05, 3.63) is 0 Å². The van der Waals surface area contributed by atoms with Crippen LogP contribution in [0.4, 0.5) is 0 Å². The third-order valence-electron chi connectivity index (χ3n) is 3.23. The Balaban J connectivity index is 2.37. The van der Waals surface area contributed by atoms with Crippen molar-refractivity contribution in [2.75, 3.05) is 19.6 Å². The SMILES string of the molecule is CC(CN(CCCN)C1CCC1)C(N)=O. The molecule has 0 aliphatic heterocycles. The molecule has 1 saturated carbocycles. The summed E-state index contributed by atoms with van der Waals surface area (Å²) in [7, 11) is 0. The predicted molar refractivity (Wildman–Crippen MR) is 61.2 cm³/mol. The van der Waals surface area contributed by atoms with Crippen molar-refractivity contribution in [3.63, 3.8) is 0 Å². The van der Waals surface area contributed by atoms with Crippen LogP contribution in [-0.4, -0.2) is 36.5 Å². The van der Waals surface area contributed by atoms with Crippen LogP contribution in [-0.2, 0) is 4.79 Å². The van der Waals surface area contributed by atoms with E-state index < -0.39 is 0 Å². The van der Waals surface area contributed by atoms with E-state index in [-0.39, 0.29) is 11.8 Å². The summed E-state index contributed by atoms with van der Waals surface area (Å²) < 4.78 is 0. The Morgan fingerprint density at radius 3 is 2.60 bits per heavy atom. The fourth-order valence-electron chi connectivity index (χ4n) is 1.91. The summed E-state index contributed by atoms with van der Waals surface area (Å²) in [6.45, 7) is 4.41. The van der Waals surface area contributed by atoms with Gasteiger partial charge in [0.15, 0.2) is 0 Å². The average Bonchev–Trinajstić information content (AvgIpc) is 2.10. The van der Waals surface area contributed by atoms with E-state index in [2.05, 4.69) is 4.90 Å². The Bertz CT molecular complexity index is 204. The predicted octanol–water partition coefficient (Wildman–Crippen LogP) is 0.311. The second-order valence-corrected chi connectivity index (χ2v) is 4.53. The highest BCUT2D eigenvalue weighted by atomic mass is 16.1. The third-order valence-corrected chi connectivity index (χ3v) is 3.23. The van der Waals surface area contributed by atoms with Crippen LogP contribution in [0.25, 0.3) is 0 Å². The fourth-order valence-corrected chi connectivity index (χ4v) is 1.91. The van der Waals surface area contributed by atoms with Gasteiger partial charge in [-0.1, -0.05) is 13.3 Å². The summed E-state index contributed by atoms with van der Waals surface area (Å²) in [6.07, 6.45) is 4.84. The van der Waals surface area contributed by atoms with E-state index in [0.717, 1.165) is 19.5 Å². The lowest BCUT2D eigenvalue weighted by molar-refractivity contribution is -0.122. The summed E-state index contributed by atoms with van der Waals surface area (Å²) in [4.78, 5) is 13.4. The lowest BCUT2D eigenvalue weighted by Gasteiger charge is -2.38. The highest BCUT2D eigenvalue weighted by Crippen LogP contribution is 2.25. The van der Waals surface area contributed by atoms with Crippen molar-refractivity contribution in [1.82, 2.24) is 4.90 Å². The zero-order valence-electron chi connectivity index (χ0n) is 9.61. The number of carbonyl (C=O) groups excluding carboxylic acids is 1. The monoisotopic (exact) mass is 213 g/mol. The first kappa shape index (κ1) is 12.5. The molecule has 0 saturated heterocycles. The van der Waals surface area contributed by atoms with E-state index in [1.807, 2.05) is 6.92 Å². The molecule has 4 N–H and O–H groups in total. The fraction of sp³-hybridized carbons (Fsp3) is 0.909. The summed E-state index contributed by atoms with van der Waals surface area (Å²) >= 11 is 0. The molecule has 4 nitrogen and oxygen atoms in total. The van der Waals surface area contributed by atoms with Crippen LogP contribution >= 0.6 is 0 Å². The van der Waals surface area contributed by atoms with Gasteiger partial charge in [-0.2, -0.15) is 0 Å². The quantitative estimate of drug-likeness (QED) is 0.639. The Morgan fingerprint density at radius 1 is 1.53 bits per heavy atom. The van der Waals surface area contributed by atoms with E-state index in [1.165, 1.54) is 19.3 Å². The van der Waals surface area contributed by atoms with Gasteiger partial charge in [0.2, 0.25) is 5.91 Å². The van der Waals surface area contributed by atoms with Crippen molar-refractivity contribution in [3.8, 4) is 0 Å². The van der Waals surface area contributed by atoms with Crippen LogP contribution in [0, 0.1) is 5.92 Å². The van der Waals surface area contributed by atoms with Gasteiger partial charge in [0, 0.05) is 18.5 Å². The van der Waals surface area contributed by atoms with Gasteiger partial charge >= 0.3 is 0 Å². The van der Waals surface area contributed by atoms with Crippen LogP contribution < -0.4 is 11.5 Å². The average molecular weight is 213 g/mol. The van der Waals surface area contributed by atoms with E-state index >= 15 is 0 Å². The maximum atomic E-state index is 11.0. The smallest absolute Gasteiger partial charge is 0.221 e. The molecule has 0 bridgehead atoms. The number of hydrogen-bond acceptors (Lipinski definition) is 3. The minimum absolute atomic E-state index is 0.0524. The van der Waals surface area contributed by atoms with Crippen LogP contribution in [0.1, 0.15) is 32.6 Å². The molecule has 0 radical (unpaired) electrons. The molecule has 1 unspecified atom stereocenters. The van der Waals surface area contributed by atoms with Gasteiger partial charge in [-0.05, 0) is 32.4 Å². The van der Waals surface area contributed by atoms with Gasteiger partial charge in [-0.25, -0.2) is 0 Å². The Morgan fingerprint density at radius 2 is 2.20 bits per heavy atom. The Labute approximate surface area is 92.0 Å². The number of rotatable bonds is 7. The molecule has 0 aromatic rings. The molecule has 0 heterocycles. The second-order valence-electron chi connectivity index (χ2n) is 4.53. The molecule has 1 aliphatic rings. The van der Waals surface area contributed by atoms with Crippen LogP contribution in [0.2, 0.25) is 0 Å². The standard InChI is InChI=1S/C11H23N3O/c1-9(11(13)15)8-14(7-3-6-12)10-4-2-5-10/h9-10H,2-8,12H2,1H3,(H2,13,15). The van der Waals surface area contributed by atoms with Gasteiger partial charge in [-0.3, -0.25) is 9.69 Å². The number of primary amides is 1. The molecular formula is C11H23N3O. The molecule has 0 aromatic carbocycles. The largest absolute Gasteiger partial charge is 0.369 e. The van der Waals surface area contributed by atoms with Crippen LogP contribution in [0.5, 0.6) is 0 Å². The van der Waals surface area contributed by atoms with Gasteiger partial charge in [-0.15, -0.1) is 0 Å². The highest BCUT2D eigenvalue weighted by Gasteiger charge is 2.26. The van der Waals surface area contributed by atoms with E-state index in [4.69, 9.17) is 11.5 Å². The van der Waals surface area contributed by atoms with Gasteiger partial charge < -0.3 is 11.5 Å². The first-order valence-electron chi connectivity index (χ1n) is 5.88. The van der Waals surface area contributed by atoms with Gasteiger partial charge in [0.05, 0.1) is 0 Å². The van der Waals surface area contributed by atoms with Crippen molar-refractivity contribution in [2.24, 2.45) is 17.4 Å². The third kappa shape index (κ3) is 3.80. The summed E-state index contributed by atoms with van der Waals surface area (Å²) in [5, 5.41) is 0. The minimum Gasteiger partial charge on any atom is -0.369 e. The van der Waals surface area contributed by atoms with E-state index in [0.29, 0.717) is 12.6 Å². The highest BCUT2D eigenvalue weighted by molar-refractivity contribution is 5.76. The number of carbonyl (C=O) groups is 1. The van der Waals surface area contributed by atoms with Crippen LogP contribution in [0.3, 0.4) is 0 Å². The molecule has 15 heavy (non-hydrogen) atoms. The van der Waals surface area contributed by atoms with Crippen molar-refractivity contribution >= 4 is 5.91 Å². The lowest BCUT2D eigenvalue weighted by Crippen LogP contribution is -2.45. The molecular weight excluding hydrogens is 190 g/mol. The Kier molecular flexibility index (Phi) is 5.05. The molecule has 1 rings (SSSR count). The topological polar surface area (TPSA) is 72.3 Å². The molecule has 1 fully saturated rings. The minimum atomic E-state index is -0.202. The van der Waals surface area contributed by atoms with Gasteiger partial charge in [0.1, 0.15) is 0 Å². The summed E-state index contributed by atoms with van der Waals surface area (Å²) in [5.41, 5.74) is 10.8. The first-order valence-corrected chi connectivity index (χ1v) is 5.88. The first-order chi connectivity index (χ1) is 7.15. The van der Waals surface area contributed by atoms with Gasteiger partial charge in [0.25, 0.3) is 0 Å². The van der Waals surface area contributed by atoms with E-state index in [9.17, 15) is 4.79 Å². The van der Waals surface area contributed by atoms with Crippen molar-refractivity contribution < 1.29 is 4.79 Å². The Hall–Kier alpha value is -0.610. The lowest BCUT2D eigenvalue weighted by atomic mass is 9.90. The second kappa shape index (κ2) is 6.08. The summed E-state index contributed by atoms with van der Waals surface area (Å²) in [5.74, 6) is -0.254. The molecule has 1 atom stereocenters. The van der Waals surface area contributed by atoms with E-state index in [1.54, 1.807) is 0 Å². The van der Waals surface area contributed by atoms with Crippen molar-refractivity contribution in [2.45, 2.75) is 38.6 Å². The number of amides is 1. The maximum Gasteiger partial charge on any atom is 0.221 e. The number of nitrogens with two attached hydrogens (primary N) is 2. The number of nitrogens with zero attached hydrogens (tertiary/aromatic N) is 1. The normalized spacial score (nSPS) is 18.9. The van der Waals surface area contributed by atoms with Crippen LogP contribution in [0.15, 0.2) is 0 Å². The van der Waals surface area contributed by atoms with Crippen molar-refractivity contribution in [1.29, 1.82) is 0 Å². The molecule has 0 aromatic heterocycles. The zero-order valence-corrected chi connectivity index (χ0v) is 9.61. The zero-order chi connectivity index (χ0) is 11.3. The maximum absolute atomic E-state index is 11.0. The molecule has 1 aliphatic carbocycles. The molecule has 4 heteroatoms. The summed E-state index contributed by atoms with van der Waals surface area (Å²) in [6, 6.07) is 0.665.